The number of rotatable bonds is 5. The molecule has 0 saturated carbocycles. The number of hydrogen-bond acceptors (Lipinski definition) is 4. The third-order valence-corrected chi connectivity index (χ3v) is 3.73. The van der Waals surface area contributed by atoms with E-state index in [1.807, 2.05) is 0 Å². The molecule has 0 saturated heterocycles. The Morgan fingerprint density at radius 3 is 2.50 bits per heavy atom. The number of amides is 1. The van der Waals surface area contributed by atoms with E-state index in [-0.39, 0.29) is 10.6 Å². The van der Waals surface area contributed by atoms with Gasteiger partial charge in [-0.15, -0.1) is 0 Å². The van der Waals surface area contributed by atoms with Crippen LogP contribution in [-0.4, -0.2) is 25.1 Å². The van der Waals surface area contributed by atoms with Gasteiger partial charge < -0.3 is 14.8 Å². The number of esters is 1. The highest BCUT2D eigenvalue weighted by Crippen LogP contribution is 2.28. The van der Waals surface area contributed by atoms with E-state index in [2.05, 4.69) is 5.32 Å². The van der Waals surface area contributed by atoms with E-state index in [1.165, 1.54) is 20.1 Å². The SMILES string of the molecule is COc1ccc(Cl)cc1NC(=O)[C@H](C)OC(=O)c1ccccc1Cl. The third kappa shape index (κ3) is 4.40. The highest BCUT2D eigenvalue weighted by atomic mass is 35.5. The molecule has 5 nitrogen and oxygen atoms in total. The lowest BCUT2D eigenvalue weighted by molar-refractivity contribution is -0.123. The summed E-state index contributed by atoms with van der Waals surface area (Å²) in [4.78, 5) is 24.3. The van der Waals surface area contributed by atoms with Gasteiger partial charge in [0.2, 0.25) is 0 Å². The quantitative estimate of drug-likeness (QED) is 0.804. The maximum atomic E-state index is 12.2. The third-order valence-electron chi connectivity index (χ3n) is 3.17. The van der Waals surface area contributed by atoms with Crippen LogP contribution < -0.4 is 10.1 Å². The molecule has 0 fully saturated rings. The normalized spacial score (nSPS) is 11.5. The van der Waals surface area contributed by atoms with Gasteiger partial charge in [0.1, 0.15) is 5.75 Å². The Morgan fingerprint density at radius 2 is 1.83 bits per heavy atom. The number of carbonyl (C=O) groups is 2. The average molecular weight is 368 g/mol. The molecule has 2 aromatic rings. The van der Waals surface area contributed by atoms with E-state index in [1.54, 1.807) is 36.4 Å². The number of halogens is 2. The zero-order valence-corrected chi connectivity index (χ0v) is 14.5. The van der Waals surface area contributed by atoms with Gasteiger partial charge in [-0.1, -0.05) is 35.3 Å². The van der Waals surface area contributed by atoms with Gasteiger partial charge in [-0.25, -0.2) is 4.79 Å². The van der Waals surface area contributed by atoms with Crippen LogP contribution in [0.2, 0.25) is 10.0 Å². The summed E-state index contributed by atoms with van der Waals surface area (Å²) in [6.45, 7) is 1.46. The van der Waals surface area contributed by atoms with Crippen molar-refractivity contribution >= 4 is 40.8 Å². The summed E-state index contributed by atoms with van der Waals surface area (Å²) < 4.78 is 10.3. The molecule has 24 heavy (non-hydrogen) atoms. The van der Waals surface area contributed by atoms with Crippen LogP contribution in [-0.2, 0) is 9.53 Å². The highest BCUT2D eigenvalue weighted by molar-refractivity contribution is 6.33. The van der Waals surface area contributed by atoms with Gasteiger partial charge in [0.05, 0.1) is 23.4 Å². The molecule has 1 atom stereocenters. The first-order valence-corrected chi connectivity index (χ1v) is 7.78. The lowest BCUT2D eigenvalue weighted by Gasteiger charge is -2.15. The Morgan fingerprint density at radius 1 is 1.12 bits per heavy atom. The summed E-state index contributed by atoms with van der Waals surface area (Å²) in [7, 11) is 1.47. The minimum atomic E-state index is -1.03. The van der Waals surface area contributed by atoms with Crippen molar-refractivity contribution in [3.63, 3.8) is 0 Å². The van der Waals surface area contributed by atoms with Gasteiger partial charge in [0.25, 0.3) is 5.91 Å². The van der Waals surface area contributed by atoms with Crippen molar-refractivity contribution < 1.29 is 19.1 Å². The molecule has 2 rings (SSSR count). The Balaban J connectivity index is 2.06. The molecule has 0 heterocycles. The summed E-state index contributed by atoms with van der Waals surface area (Å²) in [6.07, 6.45) is -1.03. The first-order chi connectivity index (χ1) is 11.4. The van der Waals surface area contributed by atoms with E-state index in [4.69, 9.17) is 32.7 Å². The lowest BCUT2D eigenvalue weighted by Crippen LogP contribution is -2.30. The van der Waals surface area contributed by atoms with Crippen molar-refractivity contribution in [2.45, 2.75) is 13.0 Å². The van der Waals surface area contributed by atoms with E-state index in [9.17, 15) is 9.59 Å². The Bertz CT molecular complexity index is 764. The van der Waals surface area contributed by atoms with Crippen LogP contribution in [0.4, 0.5) is 5.69 Å². The second kappa shape index (κ2) is 8.04. The van der Waals surface area contributed by atoms with Crippen LogP contribution in [0.3, 0.4) is 0 Å². The van der Waals surface area contributed by atoms with Gasteiger partial charge in [-0.05, 0) is 37.3 Å². The van der Waals surface area contributed by atoms with Crippen molar-refractivity contribution in [2.24, 2.45) is 0 Å². The molecule has 0 radical (unpaired) electrons. The second-order valence-electron chi connectivity index (χ2n) is 4.86. The average Bonchev–Trinajstić information content (AvgIpc) is 2.55. The first-order valence-electron chi connectivity index (χ1n) is 7.02. The summed E-state index contributed by atoms with van der Waals surface area (Å²) >= 11 is 11.8. The van der Waals surface area contributed by atoms with Gasteiger partial charge >= 0.3 is 5.97 Å². The fourth-order valence-electron chi connectivity index (χ4n) is 1.92. The predicted molar refractivity (Wildman–Crippen MR) is 93.0 cm³/mol. The molecule has 0 spiro atoms. The second-order valence-corrected chi connectivity index (χ2v) is 5.70. The number of carbonyl (C=O) groups excluding carboxylic acids is 2. The van der Waals surface area contributed by atoms with E-state index in [0.717, 1.165) is 0 Å². The fraction of sp³-hybridized carbons (Fsp3) is 0.176. The molecule has 0 aliphatic carbocycles. The van der Waals surface area contributed by atoms with Crippen molar-refractivity contribution in [2.75, 3.05) is 12.4 Å². The molecule has 1 amide bonds. The molecular weight excluding hydrogens is 353 g/mol. The minimum absolute atomic E-state index is 0.194. The fourth-order valence-corrected chi connectivity index (χ4v) is 2.30. The predicted octanol–water partition coefficient (Wildman–Crippen LogP) is 4.19. The van der Waals surface area contributed by atoms with Crippen LogP contribution in [0, 0.1) is 0 Å². The van der Waals surface area contributed by atoms with Gasteiger partial charge in [0.15, 0.2) is 6.10 Å². The maximum absolute atomic E-state index is 12.2. The zero-order chi connectivity index (χ0) is 17.7. The molecule has 0 unspecified atom stereocenters. The van der Waals surface area contributed by atoms with Crippen molar-refractivity contribution in [1.82, 2.24) is 0 Å². The molecule has 7 heteroatoms. The Labute approximate surface area is 149 Å². The minimum Gasteiger partial charge on any atom is -0.495 e. The number of methoxy groups -OCH3 is 1. The lowest BCUT2D eigenvalue weighted by atomic mass is 10.2. The number of anilines is 1. The summed E-state index contributed by atoms with van der Waals surface area (Å²) in [5.41, 5.74) is 0.579. The molecule has 0 aromatic heterocycles. The standard InChI is InChI=1S/C17H15Cl2NO4/c1-10(24-17(22)12-5-3-4-6-13(12)19)16(21)20-14-9-11(18)7-8-15(14)23-2/h3-10H,1-2H3,(H,20,21)/t10-/m0/s1. The molecule has 0 aliphatic rings. The number of hydrogen-bond donors (Lipinski definition) is 1. The maximum Gasteiger partial charge on any atom is 0.340 e. The topological polar surface area (TPSA) is 64.6 Å². The molecule has 2 aromatic carbocycles. The van der Waals surface area contributed by atoms with E-state index >= 15 is 0 Å². The number of ether oxygens (including phenoxy) is 2. The monoisotopic (exact) mass is 367 g/mol. The van der Waals surface area contributed by atoms with Gasteiger partial charge in [-0.2, -0.15) is 0 Å². The van der Waals surface area contributed by atoms with Crippen molar-refractivity contribution in [3.8, 4) is 5.75 Å². The van der Waals surface area contributed by atoms with Crippen LogP contribution in [0.15, 0.2) is 42.5 Å². The molecule has 0 bridgehead atoms. The van der Waals surface area contributed by atoms with Gasteiger partial charge in [-0.3, -0.25) is 4.79 Å². The van der Waals surface area contributed by atoms with Crippen molar-refractivity contribution in [3.05, 3.63) is 58.1 Å². The molecule has 126 valence electrons. The first kappa shape index (κ1) is 18.1. The van der Waals surface area contributed by atoms with Crippen LogP contribution in [0.25, 0.3) is 0 Å². The largest absolute Gasteiger partial charge is 0.495 e. The Kier molecular flexibility index (Phi) is 6.06. The molecule has 1 N–H and O–H groups in total. The van der Waals surface area contributed by atoms with Crippen LogP contribution in [0.1, 0.15) is 17.3 Å². The van der Waals surface area contributed by atoms with Gasteiger partial charge in [0, 0.05) is 5.02 Å². The van der Waals surface area contributed by atoms with Crippen LogP contribution in [0.5, 0.6) is 5.75 Å². The summed E-state index contributed by atoms with van der Waals surface area (Å²) in [6, 6.07) is 11.2. The number of nitrogens with one attached hydrogen (secondary N) is 1. The van der Waals surface area contributed by atoms with Crippen LogP contribution >= 0.6 is 23.2 Å². The molecular formula is C17H15Cl2NO4. The molecule has 0 aliphatic heterocycles. The Hall–Kier alpha value is -2.24. The highest BCUT2D eigenvalue weighted by Gasteiger charge is 2.21. The van der Waals surface area contributed by atoms with E-state index < -0.39 is 18.0 Å². The van der Waals surface area contributed by atoms with Crippen molar-refractivity contribution in [1.29, 1.82) is 0 Å². The number of benzene rings is 2. The smallest absolute Gasteiger partial charge is 0.340 e. The summed E-state index contributed by atoms with van der Waals surface area (Å²) in [5, 5.41) is 3.31. The summed E-state index contributed by atoms with van der Waals surface area (Å²) in [5.74, 6) is -0.755. The zero-order valence-electron chi connectivity index (χ0n) is 13.0. The van der Waals surface area contributed by atoms with E-state index in [0.29, 0.717) is 16.5 Å².